The summed E-state index contributed by atoms with van der Waals surface area (Å²) in [4.78, 5) is 37.0. The monoisotopic (exact) mass is 816 g/mol. The van der Waals surface area contributed by atoms with Crippen molar-refractivity contribution in [2.24, 2.45) is 0 Å². The van der Waals surface area contributed by atoms with E-state index < -0.39 is 32.5 Å². The lowest BCUT2D eigenvalue weighted by Crippen LogP contribution is -2.29. The lowest BCUT2D eigenvalue weighted by molar-refractivity contribution is -0.161. The molecule has 10 heteroatoms. The maximum Gasteiger partial charge on any atom is 0.472 e. The Hall–Kier alpha value is -3.07. The number of esters is 2. The van der Waals surface area contributed by atoms with Gasteiger partial charge in [0, 0.05) is 19.4 Å². The lowest BCUT2D eigenvalue weighted by Gasteiger charge is -2.20. The van der Waals surface area contributed by atoms with Crippen LogP contribution in [0.25, 0.3) is 0 Å². The highest BCUT2D eigenvalue weighted by Gasteiger charge is 2.26. The standard InChI is InChI=1S/C47H78NO8P/c1-5-7-9-11-13-15-17-19-21-23-25-27-29-31-33-35-37-39-46(49)53-43-45(44-55-57(51,52)54-42-41-48(3)4)56-47(50)40-38-36-34-32-30-28-26-24-22-20-18-16-14-12-10-8-6-2/h7,9,13,15,19-22,25-28,31-34,45H,5-6,8,10-12,14,16-18,23-24,29-30,35-44H2,1-4H3,(H,51,52)/b9-7-,15-13-,21-19-,22-20-,27-25-,28-26-,33-31-,34-32-. The van der Waals surface area contributed by atoms with Crippen LogP contribution in [0.15, 0.2) is 97.2 Å². The Bertz CT molecular complexity index is 1260. The van der Waals surface area contributed by atoms with Gasteiger partial charge in [0.15, 0.2) is 6.10 Å². The number of hydrogen-bond donors (Lipinski definition) is 1. The van der Waals surface area contributed by atoms with Crippen LogP contribution >= 0.6 is 7.82 Å². The molecule has 0 saturated heterocycles. The quantitative estimate of drug-likeness (QED) is 0.0282. The third kappa shape index (κ3) is 42.4. The van der Waals surface area contributed by atoms with Gasteiger partial charge in [0.25, 0.3) is 0 Å². The van der Waals surface area contributed by atoms with Crippen LogP contribution in [0.4, 0.5) is 0 Å². The van der Waals surface area contributed by atoms with Crippen molar-refractivity contribution in [2.75, 3.05) is 40.5 Å². The van der Waals surface area contributed by atoms with Crippen molar-refractivity contribution in [3.8, 4) is 0 Å². The van der Waals surface area contributed by atoms with Gasteiger partial charge in [-0.25, -0.2) is 4.57 Å². The molecule has 2 unspecified atom stereocenters. The lowest BCUT2D eigenvalue weighted by atomic mass is 10.1. The third-order valence-corrected chi connectivity index (χ3v) is 9.36. The van der Waals surface area contributed by atoms with Crippen LogP contribution in [0.1, 0.15) is 142 Å². The molecular formula is C47H78NO8P. The van der Waals surface area contributed by atoms with E-state index in [9.17, 15) is 19.0 Å². The summed E-state index contributed by atoms with van der Waals surface area (Å²) in [7, 11) is -0.774. The topological polar surface area (TPSA) is 112 Å². The van der Waals surface area contributed by atoms with Gasteiger partial charge in [0.2, 0.25) is 0 Å². The molecule has 0 heterocycles. The van der Waals surface area contributed by atoms with Crippen LogP contribution in [0.5, 0.6) is 0 Å². The van der Waals surface area contributed by atoms with Crippen LogP contribution in [-0.4, -0.2) is 68.3 Å². The molecule has 324 valence electrons. The van der Waals surface area contributed by atoms with Gasteiger partial charge in [0.05, 0.1) is 13.2 Å². The van der Waals surface area contributed by atoms with Gasteiger partial charge >= 0.3 is 19.8 Å². The minimum Gasteiger partial charge on any atom is -0.462 e. The van der Waals surface area contributed by atoms with Crippen molar-refractivity contribution in [3.05, 3.63) is 97.2 Å². The number of carbonyl (C=O) groups excluding carboxylic acids is 2. The van der Waals surface area contributed by atoms with Gasteiger partial charge < -0.3 is 19.3 Å². The summed E-state index contributed by atoms with van der Waals surface area (Å²) < 4.78 is 33.3. The van der Waals surface area contributed by atoms with Gasteiger partial charge in [-0.15, -0.1) is 0 Å². The summed E-state index contributed by atoms with van der Waals surface area (Å²) in [6.45, 7) is 4.05. The number of allylic oxidation sites excluding steroid dienone is 16. The van der Waals surface area contributed by atoms with E-state index >= 15 is 0 Å². The zero-order valence-electron chi connectivity index (χ0n) is 36.0. The Balaban J connectivity index is 4.51. The normalized spacial score (nSPS) is 14.4. The van der Waals surface area contributed by atoms with Gasteiger partial charge in [-0.05, 0) is 97.6 Å². The number of nitrogens with zero attached hydrogens (tertiary/aromatic N) is 1. The summed E-state index contributed by atoms with van der Waals surface area (Å²) in [6, 6.07) is 0. The second-order valence-corrected chi connectivity index (χ2v) is 15.6. The first-order valence-electron chi connectivity index (χ1n) is 21.5. The highest BCUT2D eigenvalue weighted by Crippen LogP contribution is 2.43. The number of hydrogen-bond acceptors (Lipinski definition) is 8. The summed E-state index contributed by atoms with van der Waals surface area (Å²) >= 11 is 0. The van der Waals surface area contributed by atoms with Crippen molar-refractivity contribution in [1.29, 1.82) is 0 Å². The smallest absolute Gasteiger partial charge is 0.462 e. The molecule has 0 spiro atoms. The van der Waals surface area contributed by atoms with Crippen LogP contribution < -0.4 is 0 Å². The molecule has 57 heavy (non-hydrogen) atoms. The summed E-state index contributed by atoms with van der Waals surface area (Å²) in [5.74, 6) is -0.943. The van der Waals surface area contributed by atoms with E-state index in [4.69, 9.17) is 18.5 Å². The molecule has 0 rings (SSSR count). The SMILES string of the molecule is CC/C=C\C/C=C\C/C=C\C/C=C\C/C=C\CCCC(=O)OCC(COP(=O)(O)OCCN(C)C)OC(=O)CCC/C=C\C/C=C\C/C=C\CCCCCCCC. The molecule has 0 radical (unpaired) electrons. The molecule has 0 saturated carbocycles. The molecular weight excluding hydrogens is 737 g/mol. The molecule has 0 aromatic heterocycles. The van der Waals surface area contributed by atoms with Gasteiger partial charge in [-0.3, -0.25) is 18.6 Å². The first kappa shape index (κ1) is 53.9. The van der Waals surface area contributed by atoms with E-state index in [0.717, 1.165) is 57.8 Å². The Kier molecular flexibility index (Phi) is 38.9. The van der Waals surface area contributed by atoms with Gasteiger partial charge in [-0.1, -0.05) is 143 Å². The van der Waals surface area contributed by atoms with Crippen LogP contribution in [-0.2, 0) is 32.7 Å². The van der Waals surface area contributed by atoms with E-state index in [0.29, 0.717) is 25.8 Å². The summed E-state index contributed by atoms with van der Waals surface area (Å²) in [6.07, 6.45) is 51.9. The van der Waals surface area contributed by atoms with Crippen LogP contribution in [0.2, 0.25) is 0 Å². The molecule has 2 atom stereocenters. The molecule has 0 bridgehead atoms. The third-order valence-electron chi connectivity index (χ3n) is 8.37. The average molecular weight is 816 g/mol. The van der Waals surface area contributed by atoms with E-state index in [1.807, 2.05) is 26.2 Å². The number of likely N-dealkylation sites (N-methyl/N-ethyl adjacent to an activating group) is 1. The Labute approximate surface area is 347 Å². The fourth-order valence-electron chi connectivity index (χ4n) is 5.09. The fraction of sp³-hybridized carbons (Fsp3) is 0.617. The minimum absolute atomic E-state index is 0.0161. The molecule has 0 aliphatic carbocycles. The Morgan fingerprint density at radius 3 is 1.49 bits per heavy atom. The zero-order valence-corrected chi connectivity index (χ0v) is 36.9. The number of ether oxygens (including phenoxy) is 2. The second kappa shape index (κ2) is 41.1. The molecule has 0 aliphatic rings. The average Bonchev–Trinajstić information content (AvgIpc) is 3.18. The fourth-order valence-corrected chi connectivity index (χ4v) is 5.83. The predicted molar refractivity (Wildman–Crippen MR) is 238 cm³/mol. The summed E-state index contributed by atoms with van der Waals surface area (Å²) in [5, 5.41) is 0. The van der Waals surface area contributed by atoms with Crippen molar-refractivity contribution in [2.45, 2.75) is 148 Å². The number of phosphoric acid groups is 1. The highest BCUT2D eigenvalue weighted by atomic mass is 31.2. The van der Waals surface area contributed by atoms with Crippen molar-refractivity contribution in [3.63, 3.8) is 0 Å². The molecule has 9 nitrogen and oxygen atoms in total. The maximum absolute atomic E-state index is 12.6. The predicted octanol–water partition coefficient (Wildman–Crippen LogP) is 12.4. The van der Waals surface area contributed by atoms with Gasteiger partial charge in [0.1, 0.15) is 6.61 Å². The molecule has 0 amide bonds. The number of carbonyl (C=O) groups is 2. The largest absolute Gasteiger partial charge is 0.472 e. The molecule has 0 aromatic carbocycles. The highest BCUT2D eigenvalue weighted by molar-refractivity contribution is 7.47. The first-order valence-corrected chi connectivity index (χ1v) is 23.0. The van der Waals surface area contributed by atoms with E-state index in [-0.39, 0.29) is 26.1 Å². The van der Waals surface area contributed by atoms with Crippen molar-refractivity contribution < 1.29 is 37.6 Å². The summed E-state index contributed by atoms with van der Waals surface area (Å²) in [5.41, 5.74) is 0. The Morgan fingerprint density at radius 1 is 0.561 bits per heavy atom. The van der Waals surface area contributed by atoms with Crippen LogP contribution in [0.3, 0.4) is 0 Å². The van der Waals surface area contributed by atoms with Crippen molar-refractivity contribution >= 4 is 19.8 Å². The zero-order chi connectivity index (χ0) is 41.9. The Morgan fingerprint density at radius 2 is 1.00 bits per heavy atom. The molecule has 0 aliphatic heterocycles. The maximum atomic E-state index is 12.6. The first-order chi connectivity index (χ1) is 27.7. The van der Waals surface area contributed by atoms with E-state index in [2.05, 4.69) is 98.9 Å². The van der Waals surface area contributed by atoms with E-state index in [1.165, 1.54) is 38.5 Å². The second-order valence-electron chi connectivity index (χ2n) is 14.1. The number of unbranched alkanes of at least 4 members (excludes halogenated alkanes) is 8. The number of rotatable bonds is 38. The van der Waals surface area contributed by atoms with Gasteiger partial charge in [-0.2, -0.15) is 0 Å². The molecule has 0 fully saturated rings. The minimum atomic E-state index is -4.39. The van der Waals surface area contributed by atoms with Crippen molar-refractivity contribution in [1.82, 2.24) is 4.90 Å². The van der Waals surface area contributed by atoms with Crippen LogP contribution in [0, 0.1) is 0 Å². The molecule has 1 N–H and O–H groups in total. The number of phosphoric ester groups is 1. The molecule has 0 aromatic rings. The van der Waals surface area contributed by atoms with E-state index in [1.54, 1.807) is 4.90 Å².